The van der Waals surface area contributed by atoms with Crippen molar-refractivity contribution in [3.05, 3.63) is 28.5 Å². The number of aliphatic hydroxyl groups is 1. The van der Waals surface area contributed by atoms with Gasteiger partial charge in [0, 0.05) is 6.54 Å². The average Bonchev–Trinajstić information content (AvgIpc) is 2.42. The molecule has 1 saturated heterocycles. The second-order valence-electron chi connectivity index (χ2n) is 5.52. The minimum Gasteiger partial charge on any atom is -0.395 e. The number of rotatable bonds is 3. The molecule has 1 aliphatic rings. The summed E-state index contributed by atoms with van der Waals surface area (Å²) in [5.41, 5.74) is 0.226. The van der Waals surface area contributed by atoms with Gasteiger partial charge >= 0.3 is 0 Å². The molecule has 21 heavy (non-hydrogen) atoms. The average molecular weight is 336 g/mol. The van der Waals surface area contributed by atoms with Gasteiger partial charge in [-0.1, -0.05) is 18.5 Å². The van der Waals surface area contributed by atoms with Gasteiger partial charge < -0.3 is 5.11 Å². The van der Waals surface area contributed by atoms with E-state index >= 15 is 0 Å². The molecule has 0 bridgehead atoms. The molecule has 118 valence electrons. The Morgan fingerprint density at radius 3 is 2.76 bits per heavy atom. The maximum absolute atomic E-state index is 13.5. The number of sulfonamides is 1. The minimum absolute atomic E-state index is 0.0684. The van der Waals surface area contributed by atoms with Gasteiger partial charge in [0.05, 0.1) is 17.7 Å². The summed E-state index contributed by atoms with van der Waals surface area (Å²) in [6.45, 7) is 3.51. The summed E-state index contributed by atoms with van der Waals surface area (Å²) < 4.78 is 40.3. The Morgan fingerprint density at radius 1 is 1.48 bits per heavy atom. The predicted octanol–water partition coefficient (Wildman–Crippen LogP) is 2.57. The van der Waals surface area contributed by atoms with E-state index in [0.717, 1.165) is 18.9 Å². The van der Waals surface area contributed by atoms with Crippen molar-refractivity contribution in [1.82, 2.24) is 4.31 Å². The van der Waals surface area contributed by atoms with Gasteiger partial charge in [-0.05, 0) is 43.4 Å². The highest BCUT2D eigenvalue weighted by Crippen LogP contribution is 2.33. The third-order valence-corrected chi connectivity index (χ3v) is 6.44. The van der Waals surface area contributed by atoms with E-state index < -0.39 is 21.9 Å². The van der Waals surface area contributed by atoms with Gasteiger partial charge in [-0.3, -0.25) is 0 Å². The summed E-state index contributed by atoms with van der Waals surface area (Å²) in [5, 5.41) is 9.38. The standard InChI is InChI=1S/C14H19ClFNO3S/c1-9-4-3-5-17(13(9)8-18)21(19,20)14-6-10(2)12(16)7-11(14)15/h6-7,9,13,18H,3-5,8H2,1-2H3. The van der Waals surface area contributed by atoms with E-state index in [1.54, 1.807) is 0 Å². The van der Waals surface area contributed by atoms with Crippen LogP contribution in [0.3, 0.4) is 0 Å². The molecule has 2 unspecified atom stereocenters. The van der Waals surface area contributed by atoms with E-state index in [1.807, 2.05) is 6.92 Å². The highest BCUT2D eigenvalue weighted by Gasteiger charge is 2.37. The van der Waals surface area contributed by atoms with Crippen molar-refractivity contribution in [2.45, 2.75) is 37.6 Å². The molecular formula is C14H19ClFNO3S. The van der Waals surface area contributed by atoms with Crippen LogP contribution in [-0.4, -0.2) is 37.0 Å². The summed E-state index contributed by atoms with van der Waals surface area (Å²) in [6, 6.07) is 1.80. The van der Waals surface area contributed by atoms with E-state index in [9.17, 15) is 17.9 Å². The van der Waals surface area contributed by atoms with E-state index in [-0.39, 0.29) is 28.0 Å². The van der Waals surface area contributed by atoms with Gasteiger partial charge in [0.2, 0.25) is 10.0 Å². The largest absolute Gasteiger partial charge is 0.395 e. The predicted molar refractivity (Wildman–Crippen MR) is 79.3 cm³/mol. The molecule has 0 amide bonds. The molecule has 1 aliphatic heterocycles. The fourth-order valence-corrected chi connectivity index (χ4v) is 5.06. The summed E-state index contributed by atoms with van der Waals surface area (Å²) in [7, 11) is -3.85. The number of hydrogen-bond acceptors (Lipinski definition) is 3. The van der Waals surface area contributed by atoms with Crippen LogP contribution in [0.25, 0.3) is 0 Å². The second-order valence-corrected chi connectivity index (χ2v) is 7.78. The first kappa shape index (κ1) is 16.7. The molecular weight excluding hydrogens is 317 g/mol. The van der Waals surface area contributed by atoms with Crippen molar-refractivity contribution >= 4 is 21.6 Å². The van der Waals surface area contributed by atoms with E-state index in [2.05, 4.69) is 0 Å². The molecule has 1 N–H and O–H groups in total. The van der Waals surface area contributed by atoms with Crippen molar-refractivity contribution in [1.29, 1.82) is 0 Å². The normalized spacial score (nSPS) is 24.2. The molecule has 0 spiro atoms. The summed E-state index contributed by atoms with van der Waals surface area (Å²) in [4.78, 5) is -0.101. The number of hydrogen-bond donors (Lipinski definition) is 1. The molecule has 2 rings (SSSR count). The zero-order valence-electron chi connectivity index (χ0n) is 12.0. The van der Waals surface area contributed by atoms with Gasteiger partial charge in [-0.15, -0.1) is 0 Å². The monoisotopic (exact) mass is 335 g/mol. The van der Waals surface area contributed by atoms with Crippen molar-refractivity contribution in [2.75, 3.05) is 13.2 Å². The van der Waals surface area contributed by atoms with Crippen molar-refractivity contribution in [2.24, 2.45) is 5.92 Å². The quantitative estimate of drug-likeness (QED) is 0.923. The first-order valence-corrected chi connectivity index (χ1v) is 8.69. The number of piperidine rings is 1. The van der Waals surface area contributed by atoms with Crippen molar-refractivity contribution in [3.63, 3.8) is 0 Å². The van der Waals surface area contributed by atoms with Crippen LogP contribution in [0.4, 0.5) is 4.39 Å². The maximum Gasteiger partial charge on any atom is 0.244 e. The van der Waals surface area contributed by atoms with Crippen molar-refractivity contribution in [3.8, 4) is 0 Å². The maximum atomic E-state index is 13.5. The van der Waals surface area contributed by atoms with Crippen LogP contribution >= 0.6 is 11.6 Å². The smallest absolute Gasteiger partial charge is 0.244 e. The first-order chi connectivity index (χ1) is 9.78. The number of nitrogens with zero attached hydrogens (tertiary/aromatic N) is 1. The molecule has 2 atom stereocenters. The number of aliphatic hydroxyl groups excluding tert-OH is 1. The molecule has 7 heteroatoms. The van der Waals surface area contributed by atoms with E-state index in [0.29, 0.717) is 6.54 Å². The van der Waals surface area contributed by atoms with Crippen LogP contribution in [0.1, 0.15) is 25.3 Å². The summed E-state index contributed by atoms with van der Waals surface area (Å²) >= 11 is 5.92. The van der Waals surface area contributed by atoms with Crippen LogP contribution in [0, 0.1) is 18.7 Å². The Labute approximate surface area is 129 Å². The Hall–Kier alpha value is -0.690. The zero-order valence-corrected chi connectivity index (χ0v) is 13.6. The Balaban J connectivity index is 2.48. The lowest BCUT2D eigenvalue weighted by molar-refractivity contribution is 0.113. The van der Waals surface area contributed by atoms with Gasteiger partial charge in [0.15, 0.2) is 0 Å². The number of aryl methyl sites for hydroxylation is 1. The topological polar surface area (TPSA) is 57.6 Å². The summed E-state index contributed by atoms with van der Waals surface area (Å²) in [5.74, 6) is -0.469. The van der Waals surface area contributed by atoms with E-state index in [4.69, 9.17) is 11.6 Å². The number of benzene rings is 1. The Morgan fingerprint density at radius 2 is 2.14 bits per heavy atom. The molecule has 4 nitrogen and oxygen atoms in total. The zero-order chi connectivity index (χ0) is 15.8. The van der Waals surface area contributed by atoms with Gasteiger partial charge in [0.1, 0.15) is 10.7 Å². The van der Waals surface area contributed by atoms with Crippen LogP contribution < -0.4 is 0 Å². The molecule has 0 aliphatic carbocycles. The Bertz CT molecular complexity index is 635. The second kappa shape index (κ2) is 6.20. The van der Waals surface area contributed by atoms with Gasteiger partial charge in [-0.2, -0.15) is 4.31 Å². The van der Waals surface area contributed by atoms with Crippen LogP contribution in [0.15, 0.2) is 17.0 Å². The highest BCUT2D eigenvalue weighted by molar-refractivity contribution is 7.89. The summed E-state index contributed by atoms with van der Waals surface area (Å²) in [6.07, 6.45) is 1.60. The molecule has 1 aromatic rings. The van der Waals surface area contributed by atoms with Crippen LogP contribution in [0.5, 0.6) is 0 Å². The molecule has 0 aromatic heterocycles. The lowest BCUT2D eigenvalue weighted by atomic mass is 9.93. The van der Waals surface area contributed by atoms with Gasteiger partial charge in [-0.25, -0.2) is 12.8 Å². The first-order valence-electron chi connectivity index (χ1n) is 6.87. The third kappa shape index (κ3) is 3.08. The van der Waals surface area contributed by atoms with Crippen molar-refractivity contribution < 1.29 is 17.9 Å². The lowest BCUT2D eigenvalue weighted by Gasteiger charge is -2.38. The SMILES string of the molecule is Cc1cc(S(=O)(=O)N2CCCC(C)C2CO)c(Cl)cc1F. The minimum atomic E-state index is -3.85. The lowest BCUT2D eigenvalue weighted by Crippen LogP contribution is -2.49. The highest BCUT2D eigenvalue weighted by atomic mass is 35.5. The molecule has 1 fully saturated rings. The number of halogens is 2. The fraction of sp³-hybridized carbons (Fsp3) is 0.571. The van der Waals surface area contributed by atoms with Crippen LogP contribution in [-0.2, 0) is 10.0 Å². The van der Waals surface area contributed by atoms with Crippen LogP contribution in [0.2, 0.25) is 5.02 Å². The van der Waals surface area contributed by atoms with Gasteiger partial charge in [0.25, 0.3) is 0 Å². The fourth-order valence-electron chi connectivity index (χ4n) is 2.74. The molecule has 0 saturated carbocycles. The third-order valence-electron chi connectivity index (χ3n) is 4.05. The Kier molecular flexibility index (Phi) is 4.92. The molecule has 1 aromatic carbocycles. The molecule has 0 radical (unpaired) electrons. The molecule has 1 heterocycles. The van der Waals surface area contributed by atoms with E-state index in [1.165, 1.54) is 17.3 Å².